The smallest absolute Gasteiger partial charge is 0.451 e. The Hall–Kier alpha value is -0.625. The molecular weight excluding hydrogens is 247 g/mol. The second-order valence-corrected chi connectivity index (χ2v) is 6.01. The van der Waals surface area contributed by atoms with E-state index in [0.717, 1.165) is 12.8 Å². The van der Waals surface area contributed by atoms with E-state index in [-0.39, 0.29) is 18.2 Å². The maximum absolute atomic E-state index is 11.5. The van der Waals surface area contributed by atoms with Crippen LogP contribution >= 0.6 is 0 Å². The molecule has 0 aromatic rings. The van der Waals surface area contributed by atoms with Crippen molar-refractivity contribution in [3.05, 3.63) is 0 Å². The minimum atomic E-state index is -1.32. The van der Waals surface area contributed by atoms with Crippen molar-refractivity contribution in [2.45, 2.75) is 37.5 Å². The Morgan fingerprint density at radius 1 is 1.42 bits per heavy atom. The van der Waals surface area contributed by atoms with E-state index >= 15 is 0 Å². The van der Waals surface area contributed by atoms with Gasteiger partial charge in [0.25, 0.3) is 0 Å². The van der Waals surface area contributed by atoms with Gasteiger partial charge in [0.15, 0.2) is 0 Å². The molecule has 3 atom stereocenters. The number of aliphatic carboxylic acids is 1. The fourth-order valence-electron chi connectivity index (χ4n) is 3.03. The Morgan fingerprint density at radius 2 is 2.05 bits per heavy atom. The fraction of sp³-hybridized carbons (Fsp3) is 0.917. The topological polar surface area (TPSA) is 107 Å². The molecule has 1 aliphatic rings. The third-order valence-electron chi connectivity index (χ3n) is 4.10. The number of hydrogen-bond donors (Lipinski definition) is 4. The second-order valence-electron chi connectivity index (χ2n) is 6.01. The molecule has 0 radical (unpaired) electrons. The molecule has 0 amide bonds. The maximum atomic E-state index is 11.5. The lowest BCUT2D eigenvalue weighted by Crippen LogP contribution is -2.59. The molecule has 110 valence electrons. The molecule has 5 N–H and O–H groups in total. The third-order valence-corrected chi connectivity index (χ3v) is 4.10. The summed E-state index contributed by atoms with van der Waals surface area (Å²) in [5.74, 6) is -0.856. The van der Waals surface area contributed by atoms with E-state index in [1.165, 1.54) is 0 Å². The van der Waals surface area contributed by atoms with E-state index in [0.29, 0.717) is 19.4 Å². The van der Waals surface area contributed by atoms with Gasteiger partial charge < -0.3 is 25.8 Å². The van der Waals surface area contributed by atoms with Crippen LogP contribution in [-0.4, -0.2) is 59.3 Å². The summed E-state index contributed by atoms with van der Waals surface area (Å²) in [6.07, 6.45) is 2.97. The largest absolute Gasteiger partial charge is 0.480 e. The van der Waals surface area contributed by atoms with Crippen LogP contribution in [0.2, 0.25) is 6.32 Å². The summed E-state index contributed by atoms with van der Waals surface area (Å²) in [4.78, 5) is 13.5. The zero-order valence-electron chi connectivity index (χ0n) is 11.7. The SMILES string of the molecule is CN(C)C[C@H]1CC[C@H](CCB(O)O)C[C@@]1(N)C(=O)O. The maximum Gasteiger partial charge on any atom is 0.451 e. The molecule has 19 heavy (non-hydrogen) atoms. The average molecular weight is 272 g/mol. The minimum absolute atomic E-state index is 0.0599. The van der Waals surface area contributed by atoms with Gasteiger partial charge in [0.1, 0.15) is 5.54 Å². The molecule has 0 saturated heterocycles. The summed E-state index contributed by atoms with van der Waals surface area (Å²) < 4.78 is 0. The predicted molar refractivity (Wildman–Crippen MR) is 73.6 cm³/mol. The number of carbonyl (C=O) groups is 1. The molecule has 1 saturated carbocycles. The van der Waals surface area contributed by atoms with E-state index in [2.05, 4.69) is 0 Å². The van der Waals surface area contributed by atoms with Crippen LogP contribution in [0.1, 0.15) is 25.7 Å². The van der Waals surface area contributed by atoms with Crippen molar-refractivity contribution in [2.24, 2.45) is 17.6 Å². The van der Waals surface area contributed by atoms with Crippen LogP contribution in [0, 0.1) is 11.8 Å². The summed E-state index contributed by atoms with van der Waals surface area (Å²) in [6, 6.07) is 0. The summed E-state index contributed by atoms with van der Waals surface area (Å²) >= 11 is 0. The molecule has 0 bridgehead atoms. The number of rotatable bonds is 6. The van der Waals surface area contributed by atoms with Crippen molar-refractivity contribution in [3.63, 3.8) is 0 Å². The van der Waals surface area contributed by atoms with E-state index in [1.54, 1.807) is 0 Å². The zero-order valence-corrected chi connectivity index (χ0v) is 11.7. The molecular formula is C12H25BN2O4. The molecule has 6 nitrogen and oxygen atoms in total. The Balaban J connectivity index is 2.69. The standard InChI is InChI=1S/C12H25BN2O4/c1-15(2)8-10-4-3-9(5-6-13(18)19)7-12(10,14)11(16)17/h9-10,18-19H,3-8,14H2,1-2H3,(H,16,17)/t9-,10-,12+/m1/s1. The molecule has 0 aromatic carbocycles. The highest BCUT2D eigenvalue weighted by molar-refractivity contribution is 6.40. The molecule has 1 fully saturated rings. The first-order valence-electron chi connectivity index (χ1n) is 6.79. The van der Waals surface area contributed by atoms with Crippen LogP contribution in [0.5, 0.6) is 0 Å². The monoisotopic (exact) mass is 272 g/mol. The minimum Gasteiger partial charge on any atom is -0.480 e. The number of nitrogens with two attached hydrogens (primary N) is 1. The van der Waals surface area contributed by atoms with Gasteiger partial charge in [-0.1, -0.05) is 6.42 Å². The highest BCUT2D eigenvalue weighted by Gasteiger charge is 2.46. The predicted octanol–water partition coefficient (Wildman–Crippen LogP) is -0.391. The highest BCUT2D eigenvalue weighted by atomic mass is 16.4. The molecule has 1 aliphatic carbocycles. The van der Waals surface area contributed by atoms with Crippen LogP contribution in [0.15, 0.2) is 0 Å². The molecule has 7 heteroatoms. The van der Waals surface area contributed by atoms with Crippen molar-refractivity contribution in [1.29, 1.82) is 0 Å². The van der Waals surface area contributed by atoms with Gasteiger partial charge in [-0.2, -0.15) is 0 Å². The van der Waals surface area contributed by atoms with E-state index in [4.69, 9.17) is 15.8 Å². The van der Waals surface area contributed by atoms with Gasteiger partial charge >= 0.3 is 13.1 Å². The van der Waals surface area contributed by atoms with Crippen molar-refractivity contribution >= 4 is 13.1 Å². The number of carboxylic acids is 1. The second kappa shape index (κ2) is 6.70. The van der Waals surface area contributed by atoms with E-state index in [1.807, 2.05) is 19.0 Å². The lowest BCUT2D eigenvalue weighted by atomic mass is 9.66. The lowest BCUT2D eigenvalue weighted by Gasteiger charge is -2.42. The summed E-state index contributed by atoms with van der Waals surface area (Å²) in [5, 5.41) is 27.2. The van der Waals surface area contributed by atoms with Crippen molar-refractivity contribution in [1.82, 2.24) is 4.90 Å². The molecule has 0 heterocycles. The summed E-state index contributed by atoms with van der Waals surface area (Å²) in [7, 11) is 2.50. The molecule has 0 unspecified atom stereocenters. The van der Waals surface area contributed by atoms with Gasteiger partial charge in [-0.3, -0.25) is 4.79 Å². The van der Waals surface area contributed by atoms with Crippen LogP contribution < -0.4 is 5.73 Å². The van der Waals surface area contributed by atoms with Crippen molar-refractivity contribution in [2.75, 3.05) is 20.6 Å². The number of nitrogens with zero attached hydrogens (tertiary/aromatic N) is 1. The number of hydrogen-bond acceptors (Lipinski definition) is 5. The lowest BCUT2D eigenvalue weighted by molar-refractivity contribution is -0.148. The van der Waals surface area contributed by atoms with Crippen LogP contribution in [-0.2, 0) is 4.79 Å². The normalized spacial score (nSPS) is 31.5. The summed E-state index contributed by atoms with van der Waals surface area (Å²) in [5.41, 5.74) is 4.94. The number of carboxylic acid groups (broad SMARTS) is 1. The van der Waals surface area contributed by atoms with Crippen LogP contribution in [0.3, 0.4) is 0 Å². The first-order valence-corrected chi connectivity index (χ1v) is 6.79. The van der Waals surface area contributed by atoms with Gasteiger partial charge in [-0.05, 0) is 45.6 Å². The Morgan fingerprint density at radius 3 is 2.53 bits per heavy atom. The molecule has 0 aromatic heterocycles. The Labute approximate surface area is 114 Å². The fourth-order valence-corrected chi connectivity index (χ4v) is 3.03. The first-order chi connectivity index (χ1) is 8.75. The van der Waals surface area contributed by atoms with Crippen LogP contribution in [0.4, 0.5) is 0 Å². The van der Waals surface area contributed by atoms with Crippen molar-refractivity contribution < 1.29 is 19.9 Å². The molecule has 0 spiro atoms. The quantitative estimate of drug-likeness (QED) is 0.490. The van der Waals surface area contributed by atoms with Crippen molar-refractivity contribution in [3.8, 4) is 0 Å². The van der Waals surface area contributed by atoms with E-state index < -0.39 is 18.6 Å². The van der Waals surface area contributed by atoms with Gasteiger partial charge in [0.2, 0.25) is 0 Å². The van der Waals surface area contributed by atoms with Gasteiger partial charge in [0, 0.05) is 12.5 Å². The first kappa shape index (κ1) is 16.4. The zero-order chi connectivity index (χ0) is 14.6. The summed E-state index contributed by atoms with van der Waals surface area (Å²) in [6.45, 7) is 0.665. The van der Waals surface area contributed by atoms with Crippen LogP contribution in [0.25, 0.3) is 0 Å². The Kier molecular flexibility index (Phi) is 5.79. The third kappa shape index (κ3) is 4.45. The highest BCUT2D eigenvalue weighted by Crippen LogP contribution is 2.38. The molecule has 1 rings (SSSR count). The molecule has 0 aliphatic heterocycles. The van der Waals surface area contributed by atoms with Gasteiger partial charge in [-0.15, -0.1) is 0 Å². The van der Waals surface area contributed by atoms with E-state index in [9.17, 15) is 9.90 Å². The Bertz CT molecular complexity index is 314. The van der Waals surface area contributed by atoms with Gasteiger partial charge in [-0.25, -0.2) is 0 Å². The van der Waals surface area contributed by atoms with Gasteiger partial charge in [0.05, 0.1) is 0 Å². The average Bonchev–Trinajstić information content (AvgIpc) is 2.29.